The molecule has 0 radical (unpaired) electrons. The van der Waals surface area contributed by atoms with E-state index in [9.17, 15) is 15.0 Å². The lowest BCUT2D eigenvalue weighted by Gasteiger charge is -2.33. The summed E-state index contributed by atoms with van der Waals surface area (Å²) in [6.07, 6.45) is 2.45. The van der Waals surface area contributed by atoms with Gasteiger partial charge in [-0.1, -0.05) is 19.8 Å². The number of amides is 1. The Bertz CT molecular complexity index is 419. The number of rotatable bonds is 3. The molecule has 1 aromatic rings. The molecule has 2 rings (SSSR count). The Morgan fingerprint density at radius 3 is 3.06 bits per heavy atom. The average molecular weight is 256 g/mol. The zero-order chi connectivity index (χ0) is 12.4. The van der Waals surface area contributed by atoms with Crippen LogP contribution >= 0.6 is 11.5 Å². The Morgan fingerprint density at radius 1 is 1.65 bits per heavy atom. The van der Waals surface area contributed by atoms with Crippen molar-refractivity contribution in [3.8, 4) is 5.88 Å². The minimum atomic E-state index is -0.914. The van der Waals surface area contributed by atoms with Gasteiger partial charge in [0.05, 0.1) is 11.6 Å². The van der Waals surface area contributed by atoms with Crippen LogP contribution in [0, 0.1) is 0 Å². The predicted octanol–water partition coefficient (Wildman–Crippen LogP) is 2.62. The lowest BCUT2D eigenvalue weighted by molar-refractivity contribution is 0.116. The minimum Gasteiger partial charge on any atom is -0.492 e. The second-order valence-electron chi connectivity index (χ2n) is 4.23. The molecule has 2 N–H and O–H groups in total. The van der Waals surface area contributed by atoms with Crippen LogP contribution in [-0.4, -0.2) is 32.1 Å². The number of aromatic hydroxyl groups is 1. The minimum absolute atomic E-state index is 0.0112. The molecule has 6 heteroatoms. The van der Waals surface area contributed by atoms with Crippen LogP contribution in [0.1, 0.15) is 42.7 Å². The Kier molecular flexibility index (Phi) is 3.51. The fourth-order valence-corrected chi connectivity index (χ4v) is 3.10. The highest BCUT2D eigenvalue weighted by Crippen LogP contribution is 2.40. The second kappa shape index (κ2) is 4.91. The smallest absolute Gasteiger partial charge is 0.407 e. The lowest BCUT2D eigenvalue weighted by Crippen LogP contribution is -2.38. The predicted molar refractivity (Wildman–Crippen MR) is 64.5 cm³/mol. The van der Waals surface area contributed by atoms with Crippen molar-refractivity contribution in [3.05, 3.63) is 10.4 Å². The van der Waals surface area contributed by atoms with Crippen molar-refractivity contribution in [1.82, 2.24) is 9.27 Å². The molecule has 0 fully saturated rings. The maximum atomic E-state index is 11.2. The van der Waals surface area contributed by atoms with Crippen LogP contribution in [0.15, 0.2) is 0 Å². The molecule has 2 heterocycles. The molecule has 0 bridgehead atoms. The maximum absolute atomic E-state index is 11.2. The van der Waals surface area contributed by atoms with Crippen LogP contribution in [-0.2, 0) is 6.42 Å². The fraction of sp³-hybridized carbons (Fsp3) is 0.636. The van der Waals surface area contributed by atoms with Gasteiger partial charge in [0.15, 0.2) is 0 Å². The fourth-order valence-electron chi connectivity index (χ4n) is 2.30. The molecule has 1 atom stereocenters. The topological polar surface area (TPSA) is 73.7 Å². The Labute approximate surface area is 104 Å². The molecule has 0 saturated carbocycles. The summed E-state index contributed by atoms with van der Waals surface area (Å²) >= 11 is 1.28. The first kappa shape index (κ1) is 12.2. The van der Waals surface area contributed by atoms with Crippen molar-refractivity contribution >= 4 is 17.6 Å². The van der Waals surface area contributed by atoms with Gasteiger partial charge in [-0.25, -0.2) is 4.79 Å². The van der Waals surface area contributed by atoms with Crippen LogP contribution in [0.2, 0.25) is 0 Å². The highest BCUT2D eigenvalue weighted by atomic mass is 32.1. The molecule has 0 aliphatic carbocycles. The molecule has 1 unspecified atom stereocenters. The highest BCUT2D eigenvalue weighted by molar-refractivity contribution is 7.06. The Hall–Kier alpha value is -1.30. The van der Waals surface area contributed by atoms with Crippen molar-refractivity contribution in [2.45, 2.75) is 38.6 Å². The van der Waals surface area contributed by atoms with Gasteiger partial charge in [-0.05, 0) is 18.0 Å². The van der Waals surface area contributed by atoms with E-state index in [0.29, 0.717) is 13.0 Å². The molecule has 94 valence electrons. The Balaban J connectivity index is 2.31. The molecule has 0 spiro atoms. The quantitative estimate of drug-likeness (QED) is 0.871. The third-order valence-electron chi connectivity index (χ3n) is 3.15. The first-order valence-electron chi connectivity index (χ1n) is 5.82. The summed E-state index contributed by atoms with van der Waals surface area (Å²) in [7, 11) is 0. The van der Waals surface area contributed by atoms with Crippen molar-refractivity contribution in [2.75, 3.05) is 6.54 Å². The van der Waals surface area contributed by atoms with E-state index in [0.717, 1.165) is 29.7 Å². The molecular weight excluding hydrogens is 240 g/mol. The summed E-state index contributed by atoms with van der Waals surface area (Å²) in [6.45, 7) is 2.57. The first-order valence-corrected chi connectivity index (χ1v) is 6.59. The van der Waals surface area contributed by atoms with Crippen molar-refractivity contribution in [3.63, 3.8) is 0 Å². The summed E-state index contributed by atoms with van der Waals surface area (Å²) in [5.74, 6) is 0.0112. The van der Waals surface area contributed by atoms with E-state index in [1.54, 1.807) is 0 Å². The van der Waals surface area contributed by atoms with Gasteiger partial charge in [0.1, 0.15) is 0 Å². The summed E-state index contributed by atoms with van der Waals surface area (Å²) in [5.41, 5.74) is 0.733. The van der Waals surface area contributed by atoms with E-state index in [1.165, 1.54) is 16.4 Å². The maximum Gasteiger partial charge on any atom is 0.407 e. The second-order valence-corrected chi connectivity index (χ2v) is 5.08. The van der Waals surface area contributed by atoms with Crippen LogP contribution in [0.3, 0.4) is 0 Å². The number of aromatic nitrogens is 1. The summed E-state index contributed by atoms with van der Waals surface area (Å²) in [5, 5.41) is 18.9. The summed E-state index contributed by atoms with van der Waals surface area (Å²) in [4.78, 5) is 13.6. The molecule has 1 amide bonds. The van der Waals surface area contributed by atoms with E-state index in [1.807, 2.05) is 0 Å². The van der Waals surface area contributed by atoms with E-state index in [-0.39, 0.29) is 11.9 Å². The molecular formula is C11H16N2O3S. The third kappa shape index (κ3) is 2.22. The number of carboxylic acid groups (broad SMARTS) is 1. The van der Waals surface area contributed by atoms with Gasteiger partial charge in [0.25, 0.3) is 0 Å². The molecule has 0 aromatic carbocycles. The van der Waals surface area contributed by atoms with Gasteiger partial charge in [-0.3, -0.25) is 0 Å². The monoisotopic (exact) mass is 256 g/mol. The van der Waals surface area contributed by atoms with Crippen molar-refractivity contribution in [1.29, 1.82) is 0 Å². The average Bonchev–Trinajstić information content (AvgIpc) is 2.68. The van der Waals surface area contributed by atoms with Crippen molar-refractivity contribution in [2.24, 2.45) is 0 Å². The summed E-state index contributed by atoms with van der Waals surface area (Å²) < 4.78 is 3.93. The van der Waals surface area contributed by atoms with Gasteiger partial charge in [0, 0.05) is 17.8 Å². The van der Waals surface area contributed by atoms with E-state index >= 15 is 0 Å². The Morgan fingerprint density at radius 2 is 2.41 bits per heavy atom. The van der Waals surface area contributed by atoms with Gasteiger partial charge in [-0.2, -0.15) is 4.37 Å². The number of nitrogens with zero attached hydrogens (tertiary/aromatic N) is 2. The first-order chi connectivity index (χ1) is 8.15. The molecule has 1 aromatic heterocycles. The van der Waals surface area contributed by atoms with E-state index < -0.39 is 6.09 Å². The molecule has 1 aliphatic heterocycles. The molecule has 0 saturated heterocycles. The van der Waals surface area contributed by atoms with E-state index in [4.69, 9.17) is 0 Å². The van der Waals surface area contributed by atoms with Gasteiger partial charge < -0.3 is 15.1 Å². The van der Waals surface area contributed by atoms with E-state index in [2.05, 4.69) is 11.3 Å². The number of unbranched alkanes of at least 4 members (excludes halogenated alkanes) is 1. The van der Waals surface area contributed by atoms with Crippen LogP contribution < -0.4 is 0 Å². The van der Waals surface area contributed by atoms with Gasteiger partial charge in [-0.15, -0.1) is 0 Å². The molecule has 17 heavy (non-hydrogen) atoms. The van der Waals surface area contributed by atoms with Gasteiger partial charge >= 0.3 is 6.09 Å². The highest BCUT2D eigenvalue weighted by Gasteiger charge is 2.34. The zero-order valence-corrected chi connectivity index (χ0v) is 10.5. The molecule has 1 aliphatic rings. The van der Waals surface area contributed by atoms with Crippen LogP contribution in [0.4, 0.5) is 4.79 Å². The normalized spacial score (nSPS) is 19.1. The molecule has 5 nitrogen and oxygen atoms in total. The zero-order valence-electron chi connectivity index (χ0n) is 9.72. The van der Waals surface area contributed by atoms with Crippen LogP contribution in [0.25, 0.3) is 0 Å². The summed E-state index contributed by atoms with van der Waals surface area (Å²) in [6, 6.07) is -0.227. The largest absolute Gasteiger partial charge is 0.492 e. The SMILES string of the molecule is CCCCC1c2c(O)nsc2CCN1C(=O)O. The van der Waals surface area contributed by atoms with Crippen molar-refractivity contribution < 1.29 is 15.0 Å². The standard InChI is InChI=1S/C11H16N2O3S/c1-2-3-4-7-9-8(17-12-10(9)14)5-6-13(7)11(15)16/h7H,2-6H2,1H3,(H,12,14)(H,15,16). The number of hydrogen-bond acceptors (Lipinski definition) is 4. The third-order valence-corrected chi connectivity index (χ3v) is 4.06. The number of hydrogen-bond donors (Lipinski definition) is 2. The van der Waals surface area contributed by atoms with Crippen LogP contribution in [0.5, 0.6) is 5.88 Å². The number of fused-ring (bicyclic) bond motifs is 1. The number of carbonyl (C=O) groups is 1. The van der Waals surface area contributed by atoms with Gasteiger partial charge in [0.2, 0.25) is 5.88 Å². The lowest BCUT2D eigenvalue weighted by atomic mass is 9.96.